The lowest BCUT2D eigenvalue weighted by molar-refractivity contribution is 0.278. The summed E-state index contributed by atoms with van der Waals surface area (Å²) in [6.45, 7) is 5.45. The monoisotopic (exact) mass is 472 g/mol. The Labute approximate surface area is 197 Å². The van der Waals surface area contributed by atoms with Crippen LogP contribution < -0.4 is 5.32 Å². The largest absolute Gasteiger partial charge is 0.353 e. The van der Waals surface area contributed by atoms with Gasteiger partial charge in [-0.15, -0.1) is 0 Å². The Morgan fingerprint density at radius 2 is 2.03 bits per heavy atom. The zero-order valence-corrected chi connectivity index (χ0v) is 19.5. The molecule has 1 aliphatic heterocycles. The van der Waals surface area contributed by atoms with Crippen molar-refractivity contribution in [1.29, 1.82) is 0 Å². The van der Waals surface area contributed by atoms with Gasteiger partial charge in [-0.3, -0.25) is 10.1 Å². The number of pyridine rings is 1. The lowest BCUT2D eigenvalue weighted by atomic mass is 10.1. The Hall–Kier alpha value is -2.39. The van der Waals surface area contributed by atoms with E-state index in [0.717, 1.165) is 50.5 Å². The molecule has 1 aliphatic rings. The number of likely N-dealkylation sites (N-methyl/N-ethyl adjacent to an activating group) is 1. The van der Waals surface area contributed by atoms with E-state index in [-0.39, 0.29) is 0 Å². The number of nitrogens with zero attached hydrogens (tertiary/aromatic N) is 4. The third-order valence-electron chi connectivity index (χ3n) is 5.60. The first kappa shape index (κ1) is 22.8. The molecule has 0 saturated carbocycles. The second-order valence-electron chi connectivity index (χ2n) is 8.03. The lowest BCUT2D eigenvalue weighted by Crippen LogP contribution is -2.30. The highest BCUT2D eigenvalue weighted by Gasteiger charge is 2.13. The van der Waals surface area contributed by atoms with E-state index >= 15 is 0 Å². The van der Waals surface area contributed by atoms with Crippen LogP contribution in [-0.4, -0.2) is 64.8 Å². The summed E-state index contributed by atoms with van der Waals surface area (Å²) in [6.07, 6.45) is 3.86. The van der Waals surface area contributed by atoms with Gasteiger partial charge < -0.3 is 15.1 Å². The molecular formula is C23H26ClFN6S. The zero-order valence-electron chi connectivity index (χ0n) is 17.9. The smallest absolute Gasteiger partial charge is 0.143 e. The predicted molar refractivity (Wildman–Crippen MR) is 130 cm³/mol. The van der Waals surface area contributed by atoms with E-state index in [1.807, 2.05) is 12.1 Å². The average Bonchev–Trinajstić information content (AvgIpc) is 3.00. The first-order chi connectivity index (χ1) is 15.5. The van der Waals surface area contributed by atoms with E-state index < -0.39 is 5.82 Å². The van der Waals surface area contributed by atoms with E-state index in [9.17, 15) is 4.39 Å². The number of nitrogens with one attached hydrogen (secondary N) is 2. The number of halogens is 2. The number of benzene rings is 1. The number of anilines is 2. The summed E-state index contributed by atoms with van der Waals surface area (Å²) < 4.78 is 14.7. The highest BCUT2D eigenvalue weighted by atomic mass is 35.5. The Bertz CT molecular complexity index is 1140. The van der Waals surface area contributed by atoms with Crippen LogP contribution in [-0.2, 0) is 6.42 Å². The summed E-state index contributed by atoms with van der Waals surface area (Å²) >= 11 is 11.4. The van der Waals surface area contributed by atoms with Crippen LogP contribution in [0.4, 0.5) is 15.8 Å². The van der Waals surface area contributed by atoms with Crippen molar-refractivity contribution in [2.24, 2.45) is 0 Å². The summed E-state index contributed by atoms with van der Waals surface area (Å²) in [5, 5.41) is 10.7. The van der Waals surface area contributed by atoms with Crippen molar-refractivity contribution in [2.75, 3.05) is 45.1 Å². The molecule has 3 heterocycles. The van der Waals surface area contributed by atoms with Crippen LogP contribution >= 0.6 is 23.8 Å². The molecule has 3 aromatic rings. The topological polar surface area (TPSA) is 60.1 Å². The molecule has 4 rings (SSSR count). The molecule has 0 unspecified atom stereocenters. The van der Waals surface area contributed by atoms with E-state index in [1.165, 1.54) is 18.6 Å². The molecule has 2 aromatic heterocycles. The Morgan fingerprint density at radius 3 is 2.91 bits per heavy atom. The van der Waals surface area contributed by atoms with Gasteiger partial charge in [0.2, 0.25) is 0 Å². The van der Waals surface area contributed by atoms with Gasteiger partial charge in [0, 0.05) is 54.2 Å². The van der Waals surface area contributed by atoms with Crippen LogP contribution in [0.1, 0.15) is 12.1 Å². The van der Waals surface area contributed by atoms with Crippen molar-refractivity contribution in [3.05, 3.63) is 63.8 Å². The van der Waals surface area contributed by atoms with Gasteiger partial charge in [0.1, 0.15) is 10.5 Å². The fraction of sp³-hybridized carbons (Fsp3) is 0.348. The fourth-order valence-corrected chi connectivity index (χ4v) is 4.10. The molecule has 1 saturated heterocycles. The summed E-state index contributed by atoms with van der Waals surface area (Å²) in [5.41, 5.74) is 3.25. The molecule has 2 N–H and O–H groups in total. The number of hydrogen-bond acceptors (Lipinski definition) is 6. The van der Waals surface area contributed by atoms with Gasteiger partial charge in [-0.2, -0.15) is 5.10 Å². The van der Waals surface area contributed by atoms with Crippen LogP contribution in [0.5, 0.6) is 0 Å². The average molecular weight is 473 g/mol. The van der Waals surface area contributed by atoms with Crippen molar-refractivity contribution < 1.29 is 4.39 Å². The van der Waals surface area contributed by atoms with Crippen LogP contribution in [0.2, 0.25) is 5.02 Å². The van der Waals surface area contributed by atoms with Gasteiger partial charge in [-0.1, -0.05) is 23.8 Å². The Kier molecular flexibility index (Phi) is 7.47. The first-order valence-electron chi connectivity index (χ1n) is 10.7. The van der Waals surface area contributed by atoms with Crippen molar-refractivity contribution in [2.45, 2.75) is 12.8 Å². The second-order valence-corrected chi connectivity index (χ2v) is 8.87. The molecule has 0 radical (unpaired) electrons. The predicted octanol–water partition coefficient (Wildman–Crippen LogP) is 4.92. The molecule has 9 heteroatoms. The number of rotatable bonds is 6. The Balaban J connectivity index is 1.47. The molecule has 0 atom stereocenters. The minimum Gasteiger partial charge on any atom is -0.353 e. The number of aromatic amines is 1. The SMILES string of the molecule is CN1CCCN(CCc2cc(Nc3cc(-c4cc(Cl)ccc4F)n[nH]c3=S)ccn2)CC1. The maximum Gasteiger partial charge on any atom is 0.143 e. The van der Waals surface area contributed by atoms with Crippen LogP contribution in [0.3, 0.4) is 0 Å². The van der Waals surface area contributed by atoms with Gasteiger partial charge in [-0.25, -0.2) is 4.39 Å². The highest BCUT2D eigenvalue weighted by molar-refractivity contribution is 7.71. The number of hydrogen-bond donors (Lipinski definition) is 2. The van der Waals surface area contributed by atoms with Gasteiger partial charge in [0.25, 0.3) is 0 Å². The molecule has 168 valence electrons. The summed E-state index contributed by atoms with van der Waals surface area (Å²) in [7, 11) is 2.18. The number of aromatic nitrogens is 3. The molecule has 1 aromatic carbocycles. The second kappa shape index (κ2) is 10.5. The molecule has 0 aliphatic carbocycles. The lowest BCUT2D eigenvalue weighted by Gasteiger charge is -2.19. The maximum absolute atomic E-state index is 14.3. The third-order valence-corrected chi connectivity index (χ3v) is 6.15. The molecule has 0 bridgehead atoms. The number of H-pyrrole nitrogens is 1. The van der Waals surface area contributed by atoms with Crippen molar-refractivity contribution in [3.63, 3.8) is 0 Å². The van der Waals surface area contributed by atoms with Crippen molar-refractivity contribution in [1.82, 2.24) is 25.0 Å². The van der Waals surface area contributed by atoms with Crippen LogP contribution in [0, 0.1) is 10.5 Å². The first-order valence-corrected chi connectivity index (χ1v) is 11.4. The fourth-order valence-electron chi connectivity index (χ4n) is 3.77. The van der Waals surface area contributed by atoms with Crippen molar-refractivity contribution >= 4 is 35.2 Å². The van der Waals surface area contributed by atoms with E-state index in [1.54, 1.807) is 18.3 Å². The molecule has 6 nitrogen and oxygen atoms in total. The molecule has 0 amide bonds. The van der Waals surface area contributed by atoms with Crippen LogP contribution in [0.15, 0.2) is 42.6 Å². The van der Waals surface area contributed by atoms with E-state index in [4.69, 9.17) is 23.8 Å². The minimum atomic E-state index is -0.399. The minimum absolute atomic E-state index is 0.310. The zero-order chi connectivity index (χ0) is 22.5. The molecular weight excluding hydrogens is 447 g/mol. The quantitative estimate of drug-likeness (QED) is 0.497. The third kappa shape index (κ3) is 5.89. The van der Waals surface area contributed by atoms with Gasteiger partial charge >= 0.3 is 0 Å². The Morgan fingerprint density at radius 1 is 1.16 bits per heavy atom. The standard InChI is InChI=1S/C23H26ClFN6S/c1-30-8-2-9-31(12-11-30)10-6-17-14-18(5-7-26-17)27-22-15-21(28-29-23(22)32)19-13-16(24)3-4-20(19)25/h3-5,7,13-15H,2,6,8-12H2,1H3,(H,29,32)(H,26,27,28). The summed E-state index contributed by atoms with van der Waals surface area (Å²) in [6, 6.07) is 10.0. The van der Waals surface area contributed by atoms with Crippen LogP contribution in [0.25, 0.3) is 11.3 Å². The van der Waals surface area contributed by atoms with Crippen molar-refractivity contribution in [3.8, 4) is 11.3 Å². The summed E-state index contributed by atoms with van der Waals surface area (Å²) in [5.74, 6) is -0.399. The van der Waals surface area contributed by atoms with Gasteiger partial charge in [-0.05, 0) is 63.0 Å². The maximum atomic E-state index is 14.3. The molecule has 0 spiro atoms. The van der Waals surface area contributed by atoms with Gasteiger partial charge in [0.15, 0.2) is 0 Å². The normalized spacial score (nSPS) is 15.5. The van der Waals surface area contributed by atoms with E-state index in [2.05, 4.69) is 37.3 Å². The molecule has 32 heavy (non-hydrogen) atoms. The summed E-state index contributed by atoms with van der Waals surface area (Å²) in [4.78, 5) is 9.40. The highest BCUT2D eigenvalue weighted by Crippen LogP contribution is 2.27. The van der Waals surface area contributed by atoms with Gasteiger partial charge in [0.05, 0.1) is 11.4 Å². The molecule has 1 fully saturated rings. The van der Waals surface area contributed by atoms with E-state index in [0.29, 0.717) is 26.6 Å².